The van der Waals surface area contributed by atoms with Crippen molar-refractivity contribution in [2.24, 2.45) is 0 Å². The second-order valence-electron chi connectivity index (χ2n) is 1.14. The highest BCUT2D eigenvalue weighted by Gasteiger charge is 2.01. The topological polar surface area (TPSA) is 50.2 Å². The number of aromatic nitrogens is 1. The minimum absolute atomic E-state index is 0.144. The maximum absolute atomic E-state index is 10.0. The summed E-state index contributed by atoms with van der Waals surface area (Å²) in [5, 5.41) is 9.99. The van der Waals surface area contributed by atoms with Gasteiger partial charge in [-0.05, 0) is 0 Å². The molecular formula is C6H9NO2S. The predicted octanol–water partition coefficient (Wildman–Crippen LogP) is 1.87. The number of hydrogen-bond acceptors (Lipinski definition) is 3. The number of nitrogens with zero attached hydrogens (tertiary/aromatic N) is 1. The Balaban J connectivity index is 0.000000371. The van der Waals surface area contributed by atoms with Crippen LogP contribution in [0.15, 0.2) is 11.6 Å². The Morgan fingerprint density at radius 2 is 2.30 bits per heavy atom. The van der Waals surface area contributed by atoms with Crippen molar-refractivity contribution in [3.8, 4) is 0 Å². The summed E-state index contributed by atoms with van der Waals surface area (Å²) in [6.07, 6.45) is 1.47. The average molecular weight is 159 g/mol. The second-order valence-corrected chi connectivity index (χ2v) is 2.04. The standard InChI is InChI=1S/C4H3NO2S.C2H6/c6-4(7)3-5-1-2-8-3;1-2/h1-2H,(H,6,7);1-2H3. The Morgan fingerprint density at radius 3 is 2.50 bits per heavy atom. The lowest BCUT2D eigenvalue weighted by molar-refractivity contribution is 0.0696. The van der Waals surface area contributed by atoms with Gasteiger partial charge < -0.3 is 5.11 Å². The summed E-state index contributed by atoms with van der Waals surface area (Å²) in [7, 11) is 0. The van der Waals surface area contributed by atoms with Gasteiger partial charge in [0.25, 0.3) is 0 Å². The average Bonchev–Trinajstić information content (AvgIpc) is 2.42. The molecule has 0 aliphatic rings. The molecule has 0 spiro atoms. The van der Waals surface area contributed by atoms with Gasteiger partial charge in [-0.3, -0.25) is 0 Å². The second kappa shape index (κ2) is 4.93. The molecule has 1 aromatic heterocycles. The number of rotatable bonds is 1. The van der Waals surface area contributed by atoms with Gasteiger partial charge >= 0.3 is 5.97 Å². The van der Waals surface area contributed by atoms with Crippen LogP contribution < -0.4 is 0 Å². The van der Waals surface area contributed by atoms with Crippen molar-refractivity contribution in [1.29, 1.82) is 0 Å². The van der Waals surface area contributed by atoms with Crippen LogP contribution in [0.5, 0.6) is 0 Å². The number of aromatic carboxylic acids is 1. The first-order valence-corrected chi connectivity index (χ1v) is 3.81. The maximum atomic E-state index is 10.0. The maximum Gasteiger partial charge on any atom is 0.364 e. The molecule has 56 valence electrons. The zero-order chi connectivity index (χ0) is 7.98. The molecule has 0 aliphatic heterocycles. The summed E-state index contributed by atoms with van der Waals surface area (Å²) in [5.74, 6) is -0.958. The Morgan fingerprint density at radius 1 is 1.70 bits per heavy atom. The molecular weight excluding hydrogens is 150 g/mol. The number of carboxylic acids is 1. The monoisotopic (exact) mass is 159 g/mol. The Bertz CT molecular complexity index is 184. The van der Waals surface area contributed by atoms with Gasteiger partial charge in [-0.1, -0.05) is 13.8 Å². The van der Waals surface area contributed by atoms with Crippen LogP contribution in [-0.2, 0) is 0 Å². The molecule has 0 atom stereocenters. The summed E-state index contributed by atoms with van der Waals surface area (Å²) >= 11 is 1.12. The van der Waals surface area contributed by atoms with Crippen molar-refractivity contribution < 1.29 is 9.90 Å². The van der Waals surface area contributed by atoms with Crippen LogP contribution in [0.2, 0.25) is 0 Å². The first kappa shape index (κ1) is 9.10. The van der Waals surface area contributed by atoms with Crippen molar-refractivity contribution in [3.05, 3.63) is 16.6 Å². The van der Waals surface area contributed by atoms with E-state index in [0.717, 1.165) is 11.3 Å². The van der Waals surface area contributed by atoms with Gasteiger partial charge in [0.1, 0.15) is 0 Å². The highest BCUT2D eigenvalue weighted by atomic mass is 32.1. The van der Waals surface area contributed by atoms with Gasteiger partial charge in [0, 0.05) is 11.6 Å². The molecule has 0 amide bonds. The first-order valence-electron chi connectivity index (χ1n) is 2.93. The Hall–Kier alpha value is -0.900. The third-order valence-corrected chi connectivity index (χ3v) is 1.38. The lowest BCUT2D eigenvalue weighted by Gasteiger charge is -1.77. The van der Waals surface area contributed by atoms with Crippen LogP contribution in [0.4, 0.5) is 0 Å². The zero-order valence-corrected chi connectivity index (χ0v) is 6.68. The molecule has 1 N–H and O–H groups in total. The fourth-order valence-electron chi connectivity index (χ4n) is 0.329. The molecule has 3 nitrogen and oxygen atoms in total. The lowest BCUT2D eigenvalue weighted by Crippen LogP contribution is -1.92. The largest absolute Gasteiger partial charge is 0.476 e. The molecule has 0 radical (unpaired) electrons. The fraction of sp³-hybridized carbons (Fsp3) is 0.333. The van der Waals surface area contributed by atoms with Gasteiger partial charge in [-0.2, -0.15) is 0 Å². The van der Waals surface area contributed by atoms with Crippen LogP contribution in [0.25, 0.3) is 0 Å². The van der Waals surface area contributed by atoms with Gasteiger partial charge in [0.15, 0.2) is 0 Å². The summed E-state index contributed by atoms with van der Waals surface area (Å²) < 4.78 is 0. The Kier molecular flexibility index (Phi) is 4.49. The third-order valence-electron chi connectivity index (χ3n) is 0.615. The van der Waals surface area contributed by atoms with Crippen molar-refractivity contribution in [3.63, 3.8) is 0 Å². The van der Waals surface area contributed by atoms with Gasteiger partial charge in [-0.25, -0.2) is 9.78 Å². The quantitative estimate of drug-likeness (QED) is 0.680. The molecule has 1 aromatic rings. The number of hydrogen-bond donors (Lipinski definition) is 1. The van der Waals surface area contributed by atoms with Gasteiger partial charge in [0.2, 0.25) is 5.01 Å². The van der Waals surface area contributed by atoms with Crippen molar-refractivity contribution in [1.82, 2.24) is 4.98 Å². The van der Waals surface area contributed by atoms with E-state index in [-0.39, 0.29) is 5.01 Å². The molecule has 0 bridgehead atoms. The summed E-state index contributed by atoms with van der Waals surface area (Å²) in [4.78, 5) is 13.5. The van der Waals surface area contributed by atoms with E-state index in [2.05, 4.69) is 4.98 Å². The van der Waals surface area contributed by atoms with Crippen LogP contribution in [-0.4, -0.2) is 16.1 Å². The van der Waals surface area contributed by atoms with Crippen molar-refractivity contribution in [2.45, 2.75) is 13.8 Å². The van der Waals surface area contributed by atoms with E-state index in [9.17, 15) is 4.79 Å². The summed E-state index contributed by atoms with van der Waals surface area (Å²) in [5.41, 5.74) is 0. The molecule has 10 heavy (non-hydrogen) atoms. The van der Waals surface area contributed by atoms with E-state index in [1.54, 1.807) is 5.38 Å². The normalized spacial score (nSPS) is 7.80. The van der Waals surface area contributed by atoms with Crippen LogP contribution >= 0.6 is 11.3 Å². The van der Waals surface area contributed by atoms with E-state index < -0.39 is 5.97 Å². The van der Waals surface area contributed by atoms with Crippen LogP contribution in [0.3, 0.4) is 0 Å². The molecule has 0 saturated heterocycles. The van der Waals surface area contributed by atoms with Crippen molar-refractivity contribution >= 4 is 17.3 Å². The summed E-state index contributed by atoms with van der Waals surface area (Å²) in [6, 6.07) is 0. The molecule has 1 rings (SSSR count). The molecule has 1 heterocycles. The van der Waals surface area contributed by atoms with E-state index in [1.807, 2.05) is 13.8 Å². The minimum Gasteiger partial charge on any atom is -0.476 e. The molecule has 0 unspecified atom stereocenters. The van der Waals surface area contributed by atoms with E-state index in [0.29, 0.717) is 0 Å². The Labute approximate surface area is 63.3 Å². The van der Waals surface area contributed by atoms with E-state index in [1.165, 1.54) is 6.20 Å². The smallest absolute Gasteiger partial charge is 0.364 e. The molecule has 4 heteroatoms. The molecule has 0 aromatic carbocycles. The first-order chi connectivity index (χ1) is 4.80. The van der Waals surface area contributed by atoms with E-state index >= 15 is 0 Å². The number of thiazole rings is 1. The fourth-order valence-corrected chi connectivity index (χ4v) is 0.802. The van der Waals surface area contributed by atoms with Crippen LogP contribution in [0.1, 0.15) is 23.6 Å². The van der Waals surface area contributed by atoms with Gasteiger partial charge in [0.05, 0.1) is 0 Å². The molecule has 0 fully saturated rings. The highest BCUT2D eigenvalue weighted by molar-refractivity contribution is 7.11. The minimum atomic E-state index is -0.958. The number of carboxylic acid groups (broad SMARTS) is 1. The SMILES string of the molecule is CC.O=C(O)c1nccs1. The highest BCUT2D eigenvalue weighted by Crippen LogP contribution is 2.01. The molecule has 0 saturated carbocycles. The molecule has 0 aliphatic carbocycles. The number of carbonyl (C=O) groups is 1. The lowest BCUT2D eigenvalue weighted by atomic mass is 10.7. The van der Waals surface area contributed by atoms with Crippen LogP contribution in [0, 0.1) is 0 Å². The predicted molar refractivity (Wildman–Crippen MR) is 40.4 cm³/mol. The third kappa shape index (κ3) is 2.59. The summed E-state index contributed by atoms with van der Waals surface area (Å²) in [6.45, 7) is 4.00. The van der Waals surface area contributed by atoms with Gasteiger partial charge in [-0.15, -0.1) is 11.3 Å². The van der Waals surface area contributed by atoms with E-state index in [4.69, 9.17) is 5.11 Å². The zero-order valence-electron chi connectivity index (χ0n) is 5.87. The van der Waals surface area contributed by atoms with Crippen molar-refractivity contribution in [2.75, 3.05) is 0 Å².